The number of quaternary nitrogens is 1. The van der Waals surface area contributed by atoms with Crippen molar-refractivity contribution in [1.82, 2.24) is 4.90 Å². The van der Waals surface area contributed by atoms with Gasteiger partial charge in [-0.3, -0.25) is 14.5 Å². The van der Waals surface area contributed by atoms with Crippen LogP contribution in [0.4, 0.5) is 0 Å². The normalized spacial score (nSPS) is 37.8. The van der Waals surface area contributed by atoms with Crippen LogP contribution in [0.2, 0.25) is 0 Å². The second-order valence-corrected chi connectivity index (χ2v) is 6.34. The van der Waals surface area contributed by atoms with Crippen molar-refractivity contribution < 1.29 is 18.8 Å². The van der Waals surface area contributed by atoms with Crippen molar-refractivity contribution in [2.45, 2.75) is 12.2 Å². The molecule has 0 aromatic heterocycles. The molecule has 2 fully saturated rings. The van der Waals surface area contributed by atoms with Gasteiger partial charge in [-0.15, -0.1) is 0 Å². The molecule has 98 valence electrons. The van der Waals surface area contributed by atoms with Crippen molar-refractivity contribution in [2.75, 3.05) is 34.2 Å². The topological polar surface area (TPSA) is 46.6 Å². The van der Waals surface area contributed by atoms with E-state index >= 15 is 0 Å². The van der Waals surface area contributed by atoms with Crippen molar-refractivity contribution in [1.29, 1.82) is 0 Å². The first-order valence-electron chi connectivity index (χ1n) is 6.38. The summed E-state index contributed by atoms with van der Waals surface area (Å²) in [5, 5.41) is 0. The van der Waals surface area contributed by atoms with Gasteiger partial charge in [0.15, 0.2) is 0 Å². The maximum Gasteiger partial charge on any atom is 0.236 e. The van der Waals surface area contributed by atoms with Crippen LogP contribution in [0.1, 0.15) is 0 Å². The molecule has 0 radical (unpaired) electrons. The average molecular weight is 251 g/mol. The summed E-state index contributed by atoms with van der Waals surface area (Å²) < 4.78 is 6.33. The molecule has 4 unspecified atom stereocenters. The fourth-order valence-corrected chi connectivity index (χ4v) is 2.99. The molecule has 18 heavy (non-hydrogen) atoms. The van der Waals surface area contributed by atoms with Crippen LogP contribution in [0.25, 0.3) is 0 Å². The molecule has 5 nitrogen and oxygen atoms in total. The Labute approximate surface area is 107 Å². The Balaban J connectivity index is 1.76. The molecule has 3 aliphatic rings. The number of likely N-dealkylation sites (tertiary alicyclic amines) is 1. The van der Waals surface area contributed by atoms with E-state index in [1.807, 2.05) is 12.2 Å². The van der Waals surface area contributed by atoms with Crippen molar-refractivity contribution in [3.63, 3.8) is 0 Å². The Kier molecular flexibility index (Phi) is 2.40. The molecule has 3 heterocycles. The van der Waals surface area contributed by atoms with Crippen molar-refractivity contribution >= 4 is 11.8 Å². The smallest absolute Gasteiger partial charge is 0.236 e. The van der Waals surface area contributed by atoms with Crippen LogP contribution in [-0.4, -0.2) is 67.6 Å². The second-order valence-electron chi connectivity index (χ2n) is 6.34. The molecule has 2 saturated heterocycles. The monoisotopic (exact) mass is 251 g/mol. The number of hydrogen-bond acceptors (Lipinski definition) is 3. The van der Waals surface area contributed by atoms with E-state index in [4.69, 9.17) is 4.74 Å². The highest BCUT2D eigenvalue weighted by atomic mass is 16.5. The van der Waals surface area contributed by atoms with E-state index in [-0.39, 0.29) is 35.9 Å². The maximum absolute atomic E-state index is 12.3. The molecule has 2 bridgehead atoms. The number of imide groups is 1. The summed E-state index contributed by atoms with van der Waals surface area (Å²) in [7, 11) is 6.17. The summed E-state index contributed by atoms with van der Waals surface area (Å²) in [5.41, 5.74) is 0. The minimum Gasteiger partial charge on any atom is -0.365 e. The first-order chi connectivity index (χ1) is 8.38. The quantitative estimate of drug-likeness (QED) is 0.391. The average Bonchev–Trinajstić information content (AvgIpc) is 2.90. The van der Waals surface area contributed by atoms with Gasteiger partial charge in [0.1, 0.15) is 0 Å². The predicted octanol–water partition coefficient (Wildman–Crippen LogP) is -0.369. The zero-order valence-corrected chi connectivity index (χ0v) is 11.0. The zero-order chi connectivity index (χ0) is 13.1. The van der Waals surface area contributed by atoms with Gasteiger partial charge in [-0.2, -0.15) is 0 Å². The highest BCUT2D eigenvalue weighted by Gasteiger charge is 2.60. The maximum atomic E-state index is 12.3. The SMILES string of the molecule is C[N+](C)(C)CCN1C(=O)C2C3C=CC(O3)C2C1=O. The Bertz CT molecular complexity index is 408. The summed E-state index contributed by atoms with van der Waals surface area (Å²) in [6, 6.07) is 0. The lowest BCUT2D eigenvalue weighted by Gasteiger charge is -2.26. The molecule has 0 aromatic rings. The summed E-state index contributed by atoms with van der Waals surface area (Å²) >= 11 is 0. The Morgan fingerprint density at radius 1 is 1.11 bits per heavy atom. The molecule has 3 rings (SSSR count). The molecule has 3 aliphatic heterocycles. The van der Waals surface area contributed by atoms with Gasteiger partial charge in [0.2, 0.25) is 11.8 Å². The molecule has 0 saturated carbocycles. The van der Waals surface area contributed by atoms with Crippen LogP contribution in [0, 0.1) is 11.8 Å². The Morgan fingerprint density at radius 2 is 1.61 bits per heavy atom. The number of hydrogen-bond donors (Lipinski definition) is 0. The lowest BCUT2D eigenvalue weighted by Crippen LogP contribution is -2.45. The van der Waals surface area contributed by atoms with E-state index in [1.165, 1.54) is 4.90 Å². The second kappa shape index (κ2) is 3.65. The number of carbonyl (C=O) groups excluding carboxylic acids is 2. The van der Waals surface area contributed by atoms with Crippen LogP contribution in [0.5, 0.6) is 0 Å². The van der Waals surface area contributed by atoms with Crippen molar-refractivity contribution in [3.8, 4) is 0 Å². The number of likely N-dealkylation sites (N-methyl/N-ethyl adjacent to an activating group) is 1. The largest absolute Gasteiger partial charge is 0.365 e. The molecule has 4 atom stereocenters. The lowest BCUT2D eigenvalue weighted by molar-refractivity contribution is -0.869. The first-order valence-corrected chi connectivity index (χ1v) is 6.38. The van der Waals surface area contributed by atoms with Gasteiger partial charge >= 0.3 is 0 Å². The molecular formula is C13H19N2O3+. The fourth-order valence-electron chi connectivity index (χ4n) is 2.99. The number of fused-ring (bicyclic) bond motifs is 5. The molecule has 0 aliphatic carbocycles. The highest BCUT2D eigenvalue weighted by molar-refractivity contribution is 6.06. The van der Waals surface area contributed by atoms with Gasteiger partial charge in [0, 0.05) is 0 Å². The Hall–Kier alpha value is -1.20. The third-order valence-corrected chi connectivity index (χ3v) is 4.00. The van der Waals surface area contributed by atoms with Gasteiger partial charge in [-0.05, 0) is 0 Å². The molecule has 0 aromatic carbocycles. The van der Waals surface area contributed by atoms with Crippen LogP contribution >= 0.6 is 0 Å². The molecule has 0 N–H and O–H groups in total. The minimum absolute atomic E-state index is 0.0460. The van der Waals surface area contributed by atoms with Gasteiger partial charge in [-0.1, -0.05) is 12.2 Å². The van der Waals surface area contributed by atoms with Gasteiger partial charge in [0.25, 0.3) is 0 Å². The summed E-state index contributed by atoms with van der Waals surface area (Å²) in [6.45, 7) is 1.29. The van der Waals surface area contributed by atoms with Crippen molar-refractivity contribution in [2.24, 2.45) is 11.8 Å². The van der Waals surface area contributed by atoms with E-state index in [2.05, 4.69) is 21.1 Å². The summed E-state index contributed by atoms with van der Waals surface area (Å²) in [5.74, 6) is -0.620. The zero-order valence-electron chi connectivity index (χ0n) is 11.0. The van der Waals surface area contributed by atoms with Gasteiger partial charge in [-0.25, -0.2) is 0 Å². The van der Waals surface area contributed by atoms with Crippen LogP contribution in [0.3, 0.4) is 0 Å². The highest BCUT2D eigenvalue weighted by Crippen LogP contribution is 2.44. The van der Waals surface area contributed by atoms with Gasteiger partial charge < -0.3 is 9.22 Å². The number of carbonyl (C=O) groups is 2. The number of rotatable bonds is 3. The standard InChI is InChI=1S/C13H19N2O3/c1-15(2,3)7-6-14-12(16)10-8-4-5-9(18-8)11(10)13(14)17/h4-5,8-11H,6-7H2,1-3H3/q+1. The van der Waals surface area contributed by atoms with Crippen LogP contribution in [0.15, 0.2) is 12.2 Å². The summed E-state index contributed by atoms with van der Waals surface area (Å²) in [6.07, 6.45) is 3.48. The van der Waals surface area contributed by atoms with Crippen LogP contribution in [-0.2, 0) is 14.3 Å². The number of nitrogens with zero attached hydrogens (tertiary/aromatic N) is 2. The van der Waals surface area contributed by atoms with E-state index in [0.29, 0.717) is 6.54 Å². The predicted molar refractivity (Wildman–Crippen MR) is 64.4 cm³/mol. The molecule has 5 heteroatoms. The molecular weight excluding hydrogens is 232 g/mol. The first kappa shape index (κ1) is 11.9. The van der Waals surface area contributed by atoms with E-state index in [0.717, 1.165) is 11.0 Å². The Morgan fingerprint density at radius 3 is 2.06 bits per heavy atom. The number of amides is 2. The summed E-state index contributed by atoms with van der Waals surface area (Å²) in [4.78, 5) is 26.0. The van der Waals surface area contributed by atoms with E-state index in [1.54, 1.807) is 0 Å². The van der Waals surface area contributed by atoms with E-state index in [9.17, 15) is 9.59 Å². The lowest BCUT2D eigenvalue weighted by atomic mass is 9.85. The minimum atomic E-state index is -0.264. The van der Waals surface area contributed by atoms with Gasteiger partial charge in [0.05, 0.1) is 58.3 Å². The molecule has 0 spiro atoms. The van der Waals surface area contributed by atoms with Crippen LogP contribution < -0.4 is 0 Å². The van der Waals surface area contributed by atoms with Crippen molar-refractivity contribution in [3.05, 3.63) is 12.2 Å². The van der Waals surface area contributed by atoms with E-state index < -0.39 is 0 Å². The third kappa shape index (κ3) is 1.61. The molecule has 2 amide bonds. The fraction of sp³-hybridized carbons (Fsp3) is 0.692. The third-order valence-electron chi connectivity index (χ3n) is 4.00. The number of ether oxygens (including phenoxy) is 1.